The summed E-state index contributed by atoms with van der Waals surface area (Å²) in [5.41, 5.74) is 1.13. The van der Waals surface area contributed by atoms with Crippen LogP contribution in [0.1, 0.15) is 17.3 Å². The Morgan fingerprint density at radius 2 is 1.86 bits per heavy atom. The molecule has 0 unspecified atom stereocenters. The van der Waals surface area contributed by atoms with Gasteiger partial charge in [0.2, 0.25) is 11.9 Å². The van der Waals surface area contributed by atoms with E-state index in [1.807, 2.05) is 0 Å². The first-order valence-corrected chi connectivity index (χ1v) is 9.51. The number of nitrogens with one attached hydrogen (secondary N) is 2. The highest BCUT2D eigenvalue weighted by Crippen LogP contribution is 2.29. The first-order valence-electron chi connectivity index (χ1n) is 9.13. The van der Waals surface area contributed by atoms with Crippen LogP contribution in [0.2, 0.25) is 5.02 Å². The molecule has 29 heavy (non-hydrogen) atoms. The molecule has 1 fully saturated rings. The summed E-state index contributed by atoms with van der Waals surface area (Å²) < 4.78 is 5.44. The Labute approximate surface area is 174 Å². The number of benzene rings is 1. The number of carbonyl (C=O) groups is 2. The van der Waals surface area contributed by atoms with E-state index in [4.69, 9.17) is 16.3 Å². The molecular weight excluding hydrogens is 396 g/mol. The van der Waals surface area contributed by atoms with Gasteiger partial charge in [-0.05, 0) is 18.2 Å². The van der Waals surface area contributed by atoms with Crippen molar-refractivity contribution in [2.24, 2.45) is 0 Å². The lowest BCUT2D eigenvalue weighted by Gasteiger charge is -2.34. The van der Waals surface area contributed by atoms with Crippen molar-refractivity contribution in [2.75, 3.05) is 51.0 Å². The molecule has 1 aromatic heterocycles. The molecule has 1 aliphatic rings. The molecule has 9 nitrogen and oxygen atoms in total. The number of ether oxygens (including phenoxy) is 1. The molecule has 0 aliphatic carbocycles. The van der Waals surface area contributed by atoms with Gasteiger partial charge in [-0.3, -0.25) is 9.59 Å². The zero-order chi connectivity index (χ0) is 21.0. The van der Waals surface area contributed by atoms with E-state index in [2.05, 4.69) is 20.6 Å². The maximum absolute atomic E-state index is 12.8. The number of hydrogen-bond acceptors (Lipinski definition) is 7. The minimum absolute atomic E-state index is 0.0278. The van der Waals surface area contributed by atoms with Crippen molar-refractivity contribution < 1.29 is 14.3 Å². The molecule has 1 saturated heterocycles. The van der Waals surface area contributed by atoms with E-state index in [1.165, 1.54) is 20.2 Å². The largest absolute Gasteiger partial charge is 0.495 e. The summed E-state index contributed by atoms with van der Waals surface area (Å²) in [7, 11) is 3.25. The predicted molar refractivity (Wildman–Crippen MR) is 111 cm³/mol. The Kier molecular flexibility index (Phi) is 6.38. The number of halogens is 1. The van der Waals surface area contributed by atoms with Crippen LogP contribution in [-0.2, 0) is 4.79 Å². The van der Waals surface area contributed by atoms with E-state index in [1.54, 1.807) is 35.0 Å². The molecule has 2 aromatic rings. The van der Waals surface area contributed by atoms with Crippen molar-refractivity contribution in [2.45, 2.75) is 6.92 Å². The van der Waals surface area contributed by atoms with Gasteiger partial charge in [0.15, 0.2) is 0 Å². The van der Waals surface area contributed by atoms with E-state index in [0.29, 0.717) is 60.0 Å². The fourth-order valence-electron chi connectivity index (χ4n) is 3.06. The molecule has 0 bridgehead atoms. The standard InChI is InChI=1S/C19H23ClN6O3/c1-12(27)25-6-8-26(9-7-25)18(28)13-4-5-15(16(10-13)29-3)23-19-22-11-14(20)17(21-2)24-19/h4-5,10-11H,6-9H2,1-3H3,(H2,21,22,23,24). The molecule has 10 heteroatoms. The van der Waals surface area contributed by atoms with Gasteiger partial charge >= 0.3 is 0 Å². The Bertz CT molecular complexity index is 915. The number of carbonyl (C=O) groups excluding carboxylic acids is 2. The topological polar surface area (TPSA) is 99.7 Å². The predicted octanol–water partition coefficient (Wildman–Crippen LogP) is 2.23. The number of piperazine rings is 1. The molecule has 0 saturated carbocycles. The highest BCUT2D eigenvalue weighted by molar-refractivity contribution is 6.32. The SMILES string of the molecule is CNc1nc(Nc2ccc(C(=O)N3CCN(C(C)=O)CC3)cc2OC)ncc1Cl. The van der Waals surface area contributed by atoms with Gasteiger partial charge in [0.25, 0.3) is 5.91 Å². The van der Waals surface area contributed by atoms with Crippen LogP contribution in [-0.4, -0.2) is 71.9 Å². The number of nitrogens with zero attached hydrogens (tertiary/aromatic N) is 4. The second kappa shape index (κ2) is 8.95. The highest BCUT2D eigenvalue weighted by atomic mass is 35.5. The van der Waals surface area contributed by atoms with Gasteiger partial charge in [0.1, 0.15) is 16.6 Å². The molecule has 0 atom stereocenters. The summed E-state index contributed by atoms with van der Waals surface area (Å²) in [6.07, 6.45) is 1.49. The first kappa shape index (κ1) is 20.7. The summed E-state index contributed by atoms with van der Waals surface area (Å²) in [6.45, 7) is 3.63. The molecule has 2 N–H and O–H groups in total. The zero-order valence-electron chi connectivity index (χ0n) is 16.5. The van der Waals surface area contributed by atoms with Gasteiger partial charge in [0.05, 0.1) is 19.0 Å². The highest BCUT2D eigenvalue weighted by Gasteiger charge is 2.24. The van der Waals surface area contributed by atoms with Crippen molar-refractivity contribution in [3.05, 3.63) is 35.0 Å². The Balaban J connectivity index is 1.75. The summed E-state index contributed by atoms with van der Waals surface area (Å²) in [5.74, 6) is 1.26. The normalized spacial score (nSPS) is 13.8. The van der Waals surface area contributed by atoms with Gasteiger partial charge < -0.3 is 25.2 Å². The Morgan fingerprint density at radius 3 is 2.48 bits per heavy atom. The van der Waals surface area contributed by atoms with Crippen molar-refractivity contribution >= 4 is 40.9 Å². The molecule has 2 heterocycles. The number of methoxy groups -OCH3 is 1. The first-order chi connectivity index (χ1) is 13.9. The van der Waals surface area contributed by atoms with Gasteiger partial charge in [-0.1, -0.05) is 11.6 Å². The average Bonchev–Trinajstić information content (AvgIpc) is 2.74. The fraction of sp³-hybridized carbons (Fsp3) is 0.368. The third-order valence-corrected chi connectivity index (χ3v) is 4.96. The fourth-order valence-corrected chi connectivity index (χ4v) is 3.24. The third kappa shape index (κ3) is 4.68. The zero-order valence-corrected chi connectivity index (χ0v) is 17.3. The molecule has 2 amide bonds. The summed E-state index contributed by atoms with van der Waals surface area (Å²) in [4.78, 5) is 36.2. The monoisotopic (exact) mass is 418 g/mol. The Hall–Kier alpha value is -3.07. The van der Waals surface area contributed by atoms with E-state index >= 15 is 0 Å². The number of rotatable bonds is 5. The molecular formula is C19H23ClN6O3. The van der Waals surface area contributed by atoms with Crippen LogP contribution in [0, 0.1) is 0 Å². The lowest BCUT2D eigenvalue weighted by molar-refractivity contribution is -0.130. The smallest absolute Gasteiger partial charge is 0.254 e. The third-order valence-electron chi connectivity index (χ3n) is 4.69. The van der Waals surface area contributed by atoms with Crippen LogP contribution >= 0.6 is 11.6 Å². The van der Waals surface area contributed by atoms with E-state index < -0.39 is 0 Å². The lowest BCUT2D eigenvalue weighted by Crippen LogP contribution is -2.50. The van der Waals surface area contributed by atoms with Gasteiger partial charge in [-0.2, -0.15) is 4.98 Å². The van der Waals surface area contributed by atoms with Crippen LogP contribution in [0.4, 0.5) is 17.5 Å². The second-order valence-corrected chi connectivity index (χ2v) is 6.89. The van der Waals surface area contributed by atoms with Crippen LogP contribution < -0.4 is 15.4 Å². The molecule has 3 rings (SSSR count). The van der Waals surface area contributed by atoms with E-state index in [0.717, 1.165) is 0 Å². The van der Waals surface area contributed by atoms with Crippen molar-refractivity contribution in [3.8, 4) is 5.75 Å². The number of aromatic nitrogens is 2. The molecule has 1 aromatic carbocycles. The molecule has 1 aliphatic heterocycles. The van der Waals surface area contributed by atoms with Gasteiger partial charge in [-0.15, -0.1) is 0 Å². The van der Waals surface area contributed by atoms with E-state index in [-0.39, 0.29) is 11.8 Å². The van der Waals surface area contributed by atoms with Crippen LogP contribution in [0.25, 0.3) is 0 Å². The summed E-state index contributed by atoms with van der Waals surface area (Å²) in [5, 5.41) is 6.38. The second-order valence-electron chi connectivity index (χ2n) is 6.48. The molecule has 0 spiro atoms. The van der Waals surface area contributed by atoms with Crippen molar-refractivity contribution in [1.82, 2.24) is 19.8 Å². The molecule has 154 valence electrons. The quantitative estimate of drug-likeness (QED) is 0.767. The van der Waals surface area contributed by atoms with E-state index in [9.17, 15) is 9.59 Å². The van der Waals surface area contributed by atoms with Gasteiger partial charge in [-0.25, -0.2) is 4.98 Å². The Morgan fingerprint density at radius 1 is 1.17 bits per heavy atom. The summed E-state index contributed by atoms with van der Waals surface area (Å²) >= 11 is 6.01. The number of amides is 2. The lowest BCUT2D eigenvalue weighted by atomic mass is 10.1. The minimum Gasteiger partial charge on any atom is -0.495 e. The van der Waals surface area contributed by atoms with Crippen molar-refractivity contribution in [3.63, 3.8) is 0 Å². The average molecular weight is 419 g/mol. The van der Waals surface area contributed by atoms with Gasteiger partial charge in [0, 0.05) is 45.7 Å². The molecule has 0 radical (unpaired) electrons. The van der Waals surface area contributed by atoms with Crippen LogP contribution in [0.15, 0.2) is 24.4 Å². The maximum Gasteiger partial charge on any atom is 0.254 e. The van der Waals surface area contributed by atoms with Crippen molar-refractivity contribution in [1.29, 1.82) is 0 Å². The minimum atomic E-state index is -0.0988. The van der Waals surface area contributed by atoms with Crippen LogP contribution in [0.3, 0.4) is 0 Å². The van der Waals surface area contributed by atoms with Crippen LogP contribution in [0.5, 0.6) is 5.75 Å². The maximum atomic E-state index is 12.8. The number of anilines is 3. The number of hydrogen-bond donors (Lipinski definition) is 2. The summed E-state index contributed by atoms with van der Waals surface area (Å²) in [6, 6.07) is 5.14.